The van der Waals surface area contributed by atoms with Gasteiger partial charge in [-0.2, -0.15) is 18.3 Å². The summed E-state index contributed by atoms with van der Waals surface area (Å²) in [5.74, 6) is 0.264. The summed E-state index contributed by atoms with van der Waals surface area (Å²) < 4.78 is 48.1. The average molecular weight is 443 g/mol. The van der Waals surface area contributed by atoms with Gasteiger partial charge >= 0.3 is 6.18 Å². The van der Waals surface area contributed by atoms with Crippen LogP contribution in [-0.4, -0.2) is 24.9 Å². The Hall–Kier alpha value is -2.46. The van der Waals surface area contributed by atoms with E-state index in [2.05, 4.69) is 31.0 Å². The topological polar surface area (TPSA) is 73.1 Å². The lowest BCUT2D eigenvalue weighted by atomic mass is 9.90. The summed E-state index contributed by atoms with van der Waals surface area (Å²) in [6.45, 7) is 1.10. The molecule has 0 aliphatic heterocycles. The first kappa shape index (κ1) is 19.3. The number of aromatic nitrogens is 4. The molecular formula is C17H14BrF3N4O2. The summed E-state index contributed by atoms with van der Waals surface area (Å²) in [5.41, 5.74) is -3.10. The molecule has 1 aromatic carbocycles. The van der Waals surface area contributed by atoms with Crippen LogP contribution in [-0.2, 0) is 18.3 Å². The number of benzene rings is 1. The zero-order valence-corrected chi connectivity index (χ0v) is 15.6. The fraction of sp³-hybridized carbons (Fsp3) is 0.235. The van der Waals surface area contributed by atoms with Crippen molar-refractivity contribution in [3.05, 3.63) is 64.9 Å². The van der Waals surface area contributed by atoms with Crippen LogP contribution < -0.4 is 4.74 Å². The normalized spacial score (nSPS) is 14.0. The van der Waals surface area contributed by atoms with Crippen LogP contribution in [0.3, 0.4) is 0 Å². The van der Waals surface area contributed by atoms with Crippen molar-refractivity contribution in [3.63, 3.8) is 0 Å². The van der Waals surface area contributed by atoms with Crippen LogP contribution in [0.25, 0.3) is 0 Å². The van der Waals surface area contributed by atoms with Crippen molar-refractivity contribution in [2.24, 2.45) is 0 Å². The highest BCUT2D eigenvalue weighted by Gasteiger charge is 2.39. The van der Waals surface area contributed by atoms with E-state index < -0.39 is 17.3 Å². The summed E-state index contributed by atoms with van der Waals surface area (Å²) in [4.78, 5) is 7.69. The molecule has 0 bridgehead atoms. The summed E-state index contributed by atoms with van der Waals surface area (Å²) in [7, 11) is 0. The maximum atomic E-state index is 13.6. The number of ether oxygens (including phenoxy) is 1. The highest BCUT2D eigenvalue weighted by atomic mass is 79.9. The van der Waals surface area contributed by atoms with Crippen molar-refractivity contribution in [1.82, 2.24) is 19.7 Å². The van der Waals surface area contributed by atoms with Gasteiger partial charge in [0, 0.05) is 0 Å². The summed E-state index contributed by atoms with van der Waals surface area (Å²) in [6, 6.07) is 6.59. The Kier molecular flexibility index (Phi) is 5.20. The largest absolute Gasteiger partial charge is 0.456 e. The highest BCUT2D eigenvalue weighted by molar-refractivity contribution is 9.10. The van der Waals surface area contributed by atoms with E-state index in [0.29, 0.717) is 4.60 Å². The van der Waals surface area contributed by atoms with Gasteiger partial charge in [0.15, 0.2) is 0 Å². The van der Waals surface area contributed by atoms with Gasteiger partial charge in [-0.3, -0.25) is 0 Å². The molecule has 1 unspecified atom stereocenters. The first-order chi connectivity index (χ1) is 12.6. The maximum Gasteiger partial charge on any atom is 0.416 e. The fourth-order valence-corrected chi connectivity index (χ4v) is 2.80. The third kappa shape index (κ3) is 4.64. The lowest BCUT2D eigenvalue weighted by Gasteiger charge is -2.27. The van der Waals surface area contributed by atoms with Crippen LogP contribution in [0, 0.1) is 0 Å². The van der Waals surface area contributed by atoms with Gasteiger partial charge in [0.25, 0.3) is 0 Å². The molecule has 2 heterocycles. The molecule has 0 saturated carbocycles. The highest BCUT2D eigenvalue weighted by Crippen LogP contribution is 2.40. The molecule has 3 aromatic rings. The molecule has 0 radical (unpaired) electrons. The Morgan fingerprint density at radius 2 is 1.89 bits per heavy atom. The van der Waals surface area contributed by atoms with E-state index in [1.54, 1.807) is 12.1 Å². The number of halogens is 4. The molecule has 0 fully saturated rings. The molecule has 0 saturated heterocycles. The molecule has 10 heteroatoms. The van der Waals surface area contributed by atoms with E-state index in [1.807, 2.05) is 0 Å². The Morgan fingerprint density at radius 1 is 1.15 bits per heavy atom. The summed E-state index contributed by atoms with van der Waals surface area (Å²) >= 11 is 3.17. The first-order valence-electron chi connectivity index (χ1n) is 7.71. The lowest BCUT2D eigenvalue weighted by Crippen LogP contribution is -2.31. The fourth-order valence-electron chi connectivity index (χ4n) is 2.56. The van der Waals surface area contributed by atoms with Crippen molar-refractivity contribution in [1.29, 1.82) is 0 Å². The SMILES string of the molecule is CC(O)(Cn1cncn1)c1ccc(Oc2ccc(Br)nc2)cc1C(F)(F)F. The molecule has 27 heavy (non-hydrogen) atoms. The first-order valence-corrected chi connectivity index (χ1v) is 8.50. The lowest BCUT2D eigenvalue weighted by molar-refractivity contribution is -0.140. The van der Waals surface area contributed by atoms with Crippen LogP contribution in [0.15, 0.2) is 53.8 Å². The van der Waals surface area contributed by atoms with E-state index in [9.17, 15) is 18.3 Å². The summed E-state index contributed by atoms with van der Waals surface area (Å²) in [6.07, 6.45) is -0.741. The van der Waals surface area contributed by atoms with Gasteiger partial charge in [0.2, 0.25) is 0 Å². The van der Waals surface area contributed by atoms with Crippen LogP contribution >= 0.6 is 15.9 Å². The third-order valence-electron chi connectivity index (χ3n) is 3.75. The third-order valence-corrected chi connectivity index (χ3v) is 4.22. The molecule has 0 amide bonds. The Morgan fingerprint density at radius 3 is 2.48 bits per heavy atom. The number of rotatable bonds is 5. The van der Waals surface area contributed by atoms with Gasteiger partial charge in [0.05, 0.1) is 18.3 Å². The minimum Gasteiger partial charge on any atom is -0.456 e. The second-order valence-electron chi connectivity index (χ2n) is 5.99. The zero-order chi connectivity index (χ0) is 19.7. The smallest absolute Gasteiger partial charge is 0.416 e. The van der Waals surface area contributed by atoms with Crippen molar-refractivity contribution in [2.45, 2.75) is 25.2 Å². The monoisotopic (exact) mass is 442 g/mol. The Balaban J connectivity index is 1.95. The maximum absolute atomic E-state index is 13.6. The van der Waals surface area contributed by atoms with E-state index >= 15 is 0 Å². The van der Waals surface area contributed by atoms with Crippen LogP contribution in [0.4, 0.5) is 13.2 Å². The Labute approximate surface area is 160 Å². The van der Waals surface area contributed by atoms with Gasteiger partial charge in [-0.25, -0.2) is 14.6 Å². The van der Waals surface area contributed by atoms with Gasteiger partial charge in [0.1, 0.15) is 34.4 Å². The second-order valence-corrected chi connectivity index (χ2v) is 6.80. The van der Waals surface area contributed by atoms with E-state index in [-0.39, 0.29) is 23.6 Å². The summed E-state index contributed by atoms with van der Waals surface area (Å²) in [5, 5.41) is 14.5. The predicted octanol–water partition coefficient (Wildman–Crippen LogP) is 4.15. The number of aliphatic hydroxyl groups is 1. The van der Waals surface area contributed by atoms with Crippen LogP contribution in [0.5, 0.6) is 11.5 Å². The molecule has 1 atom stereocenters. The molecular weight excluding hydrogens is 429 g/mol. The van der Waals surface area contributed by atoms with Crippen molar-refractivity contribution in [2.75, 3.05) is 0 Å². The number of hydrogen-bond donors (Lipinski definition) is 1. The van der Waals surface area contributed by atoms with Gasteiger partial charge in [-0.05, 0) is 52.7 Å². The molecule has 0 aliphatic carbocycles. The average Bonchev–Trinajstić information content (AvgIpc) is 3.08. The molecule has 6 nitrogen and oxygen atoms in total. The van der Waals surface area contributed by atoms with Crippen LogP contribution in [0.1, 0.15) is 18.1 Å². The minimum absolute atomic E-state index is 0.0215. The number of nitrogens with zero attached hydrogens (tertiary/aromatic N) is 4. The van der Waals surface area contributed by atoms with Crippen molar-refractivity contribution >= 4 is 15.9 Å². The molecule has 3 rings (SSSR count). The quantitative estimate of drug-likeness (QED) is 0.600. The molecule has 2 aromatic heterocycles. The molecule has 142 valence electrons. The van der Waals surface area contributed by atoms with E-state index in [0.717, 1.165) is 6.07 Å². The van der Waals surface area contributed by atoms with Crippen molar-refractivity contribution in [3.8, 4) is 11.5 Å². The predicted molar refractivity (Wildman–Crippen MR) is 93.0 cm³/mol. The Bertz CT molecular complexity index is 913. The van der Waals surface area contributed by atoms with Crippen molar-refractivity contribution < 1.29 is 23.0 Å². The number of hydrogen-bond acceptors (Lipinski definition) is 5. The van der Waals surface area contributed by atoms with Gasteiger partial charge in [-0.1, -0.05) is 6.07 Å². The zero-order valence-electron chi connectivity index (χ0n) is 14.0. The second kappa shape index (κ2) is 7.28. The van der Waals surface area contributed by atoms with Gasteiger partial charge < -0.3 is 9.84 Å². The minimum atomic E-state index is -4.68. The van der Waals surface area contributed by atoms with Gasteiger partial charge in [-0.15, -0.1) is 0 Å². The van der Waals surface area contributed by atoms with E-state index in [4.69, 9.17) is 4.74 Å². The molecule has 0 aliphatic rings. The van der Waals surface area contributed by atoms with E-state index in [1.165, 1.54) is 42.6 Å². The standard InChI is InChI=1S/C17H14BrF3N4O2/c1-16(26,8-25-10-22-9-24-25)13-4-2-11(6-14(13)17(19,20)21)27-12-3-5-15(18)23-7-12/h2-7,9-10,26H,8H2,1H3. The molecule has 1 N–H and O–H groups in total. The van der Waals surface area contributed by atoms with Crippen LogP contribution in [0.2, 0.25) is 0 Å². The number of pyridine rings is 1. The molecule has 0 spiro atoms. The number of alkyl halides is 3.